The highest BCUT2D eigenvalue weighted by atomic mass is 19.4. The van der Waals surface area contributed by atoms with Crippen molar-refractivity contribution in [1.29, 1.82) is 5.26 Å². The van der Waals surface area contributed by atoms with E-state index in [4.69, 9.17) is 5.26 Å². The molecular weight excluding hydrogens is 257 g/mol. The van der Waals surface area contributed by atoms with Crippen molar-refractivity contribution in [2.75, 3.05) is 5.32 Å². The number of ether oxygens (including phenoxy) is 1. The zero-order chi connectivity index (χ0) is 13.9. The van der Waals surface area contributed by atoms with Crippen molar-refractivity contribution in [3.05, 3.63) is 24.3 Å². The third-order valence-electron chi connectivity index (χ3n) is 3.10. The molecule has 0 amide bonds. The van der Waals surface area contributed by atoms with Crippen LogP contribution < -0.4 is 10.1 Å². The van der Waals surface area contributed by atoms with E-state index in [-0.39, 0.29) is 17.7 Å². The van der Waals surface area contributed by atoms with Crippen LogP contribution >= 0.6 is 0 Å². The van der Waals surface area contributed by atoms with Crippen molar-refractivity contribution in [2.24, 2.45) is 5.92 Å². The Morgan fingerprint density at radius 2 is 2.11 bits per heavy atom. The zero-order valence-electron chi connectivity index (χ0n) is 10.1. The molecule has 19 heavy (non-hydrogen) atoms. The van der Waals surface area contributed by atoms with Gasteiger partial charge in [0.05, 0.1) is 12.0 Å². The van der Waals surface area contributed by atoms with Gasteiger partial charge in [0, 0.05) is 17.8 Å². The smallest absolute Gasteiger partial charge is 0.406 e. The minimum atomic E-state index is -4.69. The zero-order valence-corrected chi connectivity index (χ0v) is 10.1. The van der Waals surface area contributed by atoms with Gasteiger partial charge in [-0.3, -0.25) is 0 Å². The number of halogens is 3. The summed E-state index contributed by atoms with van der Waals surface area (Å²) in [7, 11) is 0. The van der Waals surface area contributed by atoms with Gasteiger partial charge in [-0.1, -0.05) is 6.07 Å². The minimum absolute atomic E-state index is 0.00821. The number of hydrogen-bond donors (Lipinski definition) is 1. The summed E-state index contributed by atoms with van der Waals surface area (Å²) < 4.78 is 40.2. The molecule has 0 saturated heterocycles. The second kappa shape index (κ2) is 5.39. The fourth-order valence-electron chi connectivity index (χ4n) is 2.28. The molecule has 0 aromatic heterocycles. The van der Waals surface area contributed by atoms with Crippen LogP contribution in [-0.2, 0) is 0 Å². The second-order valence-electron chi connectivity index (χ2n) is 4.49. The van der Waals surface area contributed by atoms with E-state index in [9.17, 15) is 13.2 Å². The summed E-state index contributed by atoms with van der Waals surface area (Å²) in [6.45, 7) is 0. The monoisotopic (exact) mass is 270 g/mol. The number of nitrogens with one attached hydrogen (secondary N) is 1. The Hall–Kier alpha value is -1.90. The topological polar surface area (TPSA) is 45.0 Å². The number of nitriles is 1. The van der Waals surface area contributed by atoms with Gasteiger partial charge in [-0.25, -0.2) is 0 Å². The Labute approximate surface area is 109 Å². The molecule has 0 heterocycles. The van der Waals surface area contributed by atoms with Crippen LogP contribution in [0.25, 0.3) is 0 Å². The van der Waals surface area contributed by atoms with Crippen molar-refractivity contribution < 1.29 is 17.9 Å². The molecule has 102 valence electrons. The third-order valence-corrected chi connectivity index (χ3v) is 3.10. The van der Waals surface area contributed by atoms with Gasteiger partial charge in [0.15, 0.2) is 0 Å². The van der Waals surface area contributed by atoms with Crippen molar-refractivity contribution in [3.8, 4) is 11.8 Å². The lowest BCUT2D eigenvalue weighted by molar-refractivity contribution is -0.274. The maximum absolute atomic E-state index is 12.1. The highest BCUT2D eigenvalue weighted by Gasteiger charge is 2.31. The van der Waals surface area contributed by atoms with Crippen LogP contribution in [0.5, 0.6) is 5.75 Å². The number of anilines is 1. The van der Waals surface area contributed by atoms with E-state index < -0.39 is 6.36 Å². The van der Waals surface area contributed by atoms with E-state index in [1.165, 1.54) is 18.2 Å². The largest absolute Gasteiger partial charge is 0.573 e. The first kappa shape index (κ1) is 13.5. The molecule has 3 nitrogen and oxygen atoms in total. The molecule has 0 radical (unpaired) electrons. The van der Waals surface area contributed by atoms with E-state index in [0.717, 1.165) is 19.3 Å². The number of alkyl halides is 3. The lowest BCUT2D eigenvalue weighted by Crippen LogP contribution is -2.23. The molecule has 2 rings (SSSR count). The Balaban J connectivity index is 2.05. The Bertz CT molecular complexity index is 482. The molecule has 2 atom stereocenters. The van der Waals surface area contributed by atoms with E-state index in [0.29, 0.717) is 5.69 Å². The molecule has 6 heteroatoms. The Morgan fingerprint density at radius 3 is 2.79 bits per heavy atom. The molecule has 1 aliphatic rings. The fourth-order valence-corrected chi connectivity index (χ4v) is 2.28. The van der Waals surface area contributed by atoms with E-state index in [2.05, 4.69) is 16.1 Å². The summed E-state index contributed by atoms with van der Waals surface area (Å²) in [4.78, 5) is 0. The van der Waals surface area contributed by atoms with Crippen LogP contribution in [0, 0.1) is 17.2 Å². The minimum Gasteiger partial charge on any atom is -0.406 e. The van der Waals surface area contributed by atoms with E-state index in [1.807, 2.05) is 0 Å². The van der Waals surface area contributed by atoms with Gasteiger partial charge >= 0.3 is 6.36 Å². The number of hydrogen-bond acceptors (Lipinski definition) is 3. The molecule has 1 aromatic rings. The van der Waals surface area contributed by atoms with E-state index >= 15 is 0 Å². The van der Waals surface area contributed by atoms with Gasteiger partial charge in [0.1, 0.15) is 5.75 Å². The number of rotatable bonds is 3. The molecule has 1 saturated carbocycles. The first-order chi connectivity index (χ1) is 8.98. The average molecular weight is 270 g/mol. The van der Waals surface area contributed by atoms with Gasteiger partial charge < -0.3 is 10.1 Å². The molecular formula is C13H13F3N2O. The Morgan fingerprint density at radius 1 is 1.32 bits per heavy atom. The SMILES string of the molecule is N#CC1CCCC1Nc1cccc(OC(F)(F)F)c1. The first-order valence-corrected chi connectivity index (χ1v) is 6.00. The standard InChI is InChI=1S/C13H13F3N2O/c14-13(15,16)19-11-5-2-4-10(7-11)18-12-6-1-3-9(12)8-17/h2,4-5,7,9,12,18H,1,3,6H2. The number of nitrogens with zero attached hydrogens (tertiary/aromatic N) is 1. The molecule has 0 aliphatic heterocycles. The predicted molar refractivity (Wildman–Crippen MR) is 63.5 cm³/mol. The summed E-state index contributed by atoms with van der Waals surface area (Å²) in [6, 6.07) is 7.89. The maximum Gasteiger partial charge on any atom is 0.573 e. The van der Waals surface area contributed by atoms with Crippen LogP contribution in [0.3, 0.4) is 0 Å². The van der Waals surface area contributed by atoms with E-state index in [1.54, 1.807) is 6.07 Å². The normalized spacial score (nSPS) is 22.8. The van der Waals surface area contributed by atoms with Crippen LogP contribution in [0.15, 0.2) is 24.3 Å². The molecule has 1 N–H and O–H groups in total. The average Bonchev–Trinajstić information content (AvgIpc) is 2.74. The summed E-state index contributed by atoms with van der Waals surface area (Å²) in [5.74, 6) is -0.351. The molecule has 1 fully saturated rings. The van der Waals surface area contributed by atoms with Gasteiger partial charge in [-0.15, -0.1) is 13.2 Å². The van der Waals surface area contributed by atoms with Gasteiger partial charge in [-0.2, -0.15) is 5.26 Å². The van der Waals surface area contributed by atoms with Crippen LogP contribution in [-0.4, -0.2) is 12.4 Å². The van der Waals surface area contributed by atoms with Crippen molar-refractivity contribution in [1.82, 2.24) is 0 Å². The fraction of sp³-hybridized carbons (Fsp3) is 0.462. The lowest BCUT2D eigenvalue weighted by atomic mass is 10.1. The van der Waals surface area contributed by atoms with Crippen LogP contribution in [0.2, 0.25) is 0 Å². The first-order valence-electron chi connectivity index (χ1n) is 6.00. The molecule has 2 unspecified atom stereocenters. The highest BCUT2D eigenvalue weighted by molar-refractivity contribution is 5.49. The Kier molecular flexibility index (Phi) is 3.84. The van der Waals surface area contributed by atoms with Gasteiger partial charge in [-0.05, 0) is 31.4 Å². The second-order valence-corrected chi connectivity index (χ2v) is 4.49. The summed E-state index contributed by atoms with van der Waals surface area (Å²) >= 11 is 0. The highest BCUT2D eigenvalue weighted by Crippen LogP contribution is 2.30. The molecule has 1 aliphatic carbocycles. The molecule has 1 aromatic carbocycles. The molecule has 0 spiro atoms. The quantitative estimate of drug-likeness (QED) is 0.911. The number of benzene rings is 1. The third kappa shape index (κ3) is 3.78. The van der Waals surface area contributed by atoms with Crippen molar-refractivity contribution in [2.45, 2.75) is 31.7 Å². The molecule has 0 bridgehead atoms. The van der Waals surface area contributed by atoms with Crippen molar-refractivity contribution >= 4 is 5.69 Å². The summed E-state index contributed by atoms with van der Waals surface area (Å²) in [6.07, 6.45) is -2.06. The van der Waals surface area contributed by atoms with Crippen LogP contribution in [0.4, 0.5) is 18.9 Å². The lowest BCUT2D eigenvalue weighted by Gasteiger charge is -2.18. The van der Waals surface area contributed by atoms with Crippen molar-refractivity contribution in [3.63, 3.8) is 0 Å². The van der Waals surface area contributed by atoms with Gasteiger partial charge in [0.2, 0.25) is 0 Å². The van der Waals surface area contributed by atoms with Crippen LogP contribution in [0.1, 0.15) is 19.3 Å². The summed E-state index contributed by atoms with van der Waals surface area (Å²) in [5, 5.41) is 12.1. The maximum atomic E-state index is 12.1. The predicted octanol–water partition coefficient (Wildman–Crippen LogP) is 3.69. The van der Waals surface area contributed by atoms with Gasteiger partial charge in [0.25, 0.3) is 0 Å². The summed E-state index contributed by atoms with van der Waals surface area (Å²) in [5.41, 5.74) is 0.536.